The standard InChI is InChI=1S/C27H33F3N4O4/c1-2-38-23-17-34(21-8-10-26(37,11-9-21)20-7-4-12-31-14-20)16-22(23)33-24(35)15-32-25(36)18-5-3-6-19(13-18)27(28,29)30/h3-7,12-14,21-23,37H,2,8-11,15-17H2,1H3,(H,32,36)(H,33,35)/t21?,22-,23-,26?/m0/s1. The van der Waals surface area contributed by atoms with Gasteiger partial charge in [0.05, 0.1) is 29.9 Å². The number of alkyl halides is 3. The molecular weight excluding hydrogens is 501 g/mol. The van der Waals surface area contributed by atoms with Crippen LogP contribution >= 0.6 is 0 Å². The molecule has 2 heterocycles. The third-order valence-electron chi connectivity index (χ3n) is 7.38. The minimum absolute atomic E-state index is 0.171. The van der Waals surface area contributed by atoms with Crippen molar-refractivity contribution in [3.05, 3.63) is 65.5 Å². The highest BCUT2D eigenvalue weighted by Gasteiger charge is 2.42. The molecule has 4 rings (SSSR count). The van der Waals surface area contributed by atoms with E-state index < -0.39 is 29.2 Å². The fourth-order valence-corrected chi connectivity index (χ4v) is 5.35. The second kappa shape index (κ2) is 11.8. The van der Waals surface area contributed by atoms with E-state index in [1.165, 1.54) is 6.07 Å². The van der Waals surface area contributed by atoms with Gasteiger partial charge in [-0.1, -0.05) is 12.1 Å². The summed E-state index contributed by atoms with van der Waals surface area (Å²) in [4.78, 5) is 31.3. The Bertz CT molecular complexity index is 1110. The number of nitrogens with zero attached hydrogens (tertiary/aromatic N) is 2. The number of rotatable bonds is 8. The van der Waals surface area contributed by atoms with Crippen LogP contribution in [0.15, 0.2) is 48.8 Å². The second-order valence-electron chi connectivity index (χ2n) is 9.89. The van der Waals surface area contributed by atoms with Crippen LogP contribution in [0.3, 0.4) is 0 Å². The Balaban J connectivity index is 1.30. The largest absolute Gasteiger partial charge is 0.416 e. The summed E-state index contributed by atoms with van der Waals surface area (Å²) in [7, 11) is 0. The third-order valence-corrected chi connectivity index (χ3v) is 7.38. The van der Waals surface area contributed by atoms with E-state index in [0.717, 1.165) is 36.6 Å². The third kappa shape index (κ3) is 6.69. The van der Waals surface area contributed by atoms with E-state index in [2.05, 4.69) is 20.5 Å². The molecule has 1 aromatic carbocycles. The predicted octanol–water partition coefficient (Wildman–Crippen LogP) is 2.87. The minimum Gasteiger partial charge on any atom is -0.385 e. The van der Waals surface area contributed by atoms with Crippen LogP contribution in [0.25, 0.3) is 0 Å². The van der Waals surface area contributed by atoms with Crippen LogP contribution in [0, 0.1) is 0 Å². The number of carbonyl (C=O) groups is 2. The molecule has 0 bridgehead atoms. The van der Waals surface area contributed by atoms with E-state index in [9.17, 15) is 27.9 Å². The molecule has 2 aliphatic rings. The number of benzene rings is 1. The van der Waals surface area contributed by atoms with Gasteiger partial charge in [0.1, 0.15) is 0 Å². The molecule has 0 spiro atoms. The first-order valence-electron chi connectivity index (χ1n) is 12.8. The molecular formula is C27H33F3N4O4. The molecule has 2 fully saturated rings. The zero-order valence-electron chi connectivity index (χ0n) is 21.2. The summed E-state index contributed by atoms with van der Waals surface area (Å²) < 4.78 is 44.7. The van der Waals surface area contributed by atoms with Crippen LogP contribution in [0.5, 0.6) is 0 Å². The number of ether oxygens (including phenoxy) is 1. The van der Waals surface area contributed by atoms with Crippen molar-refractivity contribution in [1.82, 2.24) is 20.5 Å². The van der Waals surface area contributed by atoms with Crippen molar-refractivity contribution >= 4 is 11.8 Å². The number of halogens is 3. The topological polar surface area (TPSA) is 104 Å². The van der Waals surface area contributed by atoms with Gasteiger partial charge in [0.2, 0.25) is 5.91 Å². The monoisotopic (exact) mass is 534 g/mol. The van der Waals surface area contributed by atoms with Crippen molar-refractivity contribution in [2.45, 2.75) is 62.6 Å². The maximum Gasteiger partial charge on any atom is 0.416 e. The number of amides is 2. The Kier molecular flexibility index (Phi) is 8.69. The van der Waals surface area contributed by atoms with Gasteiger partial charge in [-0.05, 0) is 56.9 Å². The number of carbonyl (C=O) groups excluding carboxylic acids is 2. The van der Waals surface area contributed by atoms with Gasteiger partial charge in [-0.2, -0.15) is 13.2 Å². The van der Waals surface area contributed by atoms with Crippen molar-refractivity contribution < 1.29 is 32.6 Å². The fraction of sp³-hybridized carbons (Fsp3) is 0.519. The molecule has 1 aliphatic heterocycles. The van der Waals surface area contributed by atoms with Gasteiger partial charge >= 0.3 is 6.18 Å². The van der Waals surface area contributed by atoms with Crippen molar-refractivity contribution in [1.29, 1.82) is 0 Å². The molecule has 2 aromatic rings. The molecule has 2 atom stereocenters. The maximum absolute atomic E-state index is 12.9. The molecule has 11 heteroatoms. The molecule has 0 unspecified atom stereocenters. The molecule has 8 nitrogen and oxygen atoms in total. The van der Waals surface area contributed by atoms with Crippen LogP contribution in [-0.2, 0) is 21.3 Å². The maximum atomic E-state index is 12.9. The Hall–Kier alpha value is -3.02. The average Bonchev–Trinajstić information content (AvgIpc) is 3.30. The second-order valence-corrected chi connectivity index (χ2v) is 9.89. The van der Waals surface area contributed by atoms with Gasteiger partial charge in [-0.25, -0.2) is 0 Å². The lowest BCUT2D eigenvalue weighted by atomic mass is 9.78. The molecule has 1 saturated heterocycles. The minimum atomic E-state index is -4.56. The number of aliphatic hydroxyl groups is 1. The van der Waals surface area contributed by atoms with Crippen LogP contribution in [-0.4, -0.2) is 71.2 Å². The van der Waals surface area contributed by atoms with E-state index in [1.807, 2.05) is 19.1 Å². The molecule has 1 saturated carbocycles. The summed E-state index contributed by atoms with van der Waals surface area (Å²) in [6, 6.07) is 7.71. The first kappa shape index (κ1) is 28.0. The molecule has 2 amide bonds. The fourth-order valence-electron chi connectivity index (χ4n) is 5.35. The van der Waals surface area contributed by atoms with Crippen LogP contribution < -0.4 is 10.6 Å². The van der Waals surface area contributed by atoms with Crippen molar-refractivity contribution in [2.75, 3.05) is 26.2 Å². The number of pyridine rings is 1. The average molecular weight is 535 g/mol. The number of hydrogen-bond donors (Lipinski definition) is 3. The van der Waals surface area contributed by atoms with Gasteiger partial charge < -0.3 is 20.5 Å². The lowest BCUT2D eigenvalue weighted by molar-refractivity contribution is -0.137. The highest BCUT2D eigenvalue weighted by molar-refractivity contribution is 5.96. The van der Waals surface area contributed by atoms with Crippen molar-refractivity contribution in [2.24, 2.45) is 0 Å². The summed E-state index contributed by atoms with van der Waals surface area (Å²) in [5.74, 6) is -1.21. The van der Waals surface area contributed by atoms with E-state index in [1.54, 1.807) is 12.4 Å². The summed E-state index contributed by atoms with van der Waals surface area (Å²) in [6.45, 7) is 3.18. The zero-order chi connectivity index (χ0) is 27.3. The first-order valence-corrected chi connectivity index (χ1v) is 12.8. The number of aromatic nitrogens is 1. The number of nitrogens with one attached hydrogen (secondary N) is 2. The Morgan fingerprint density at radius 1 is 1.18 bits per heavy atom. The van der Waals surface area contributed by atoms with Crippen LogP contribution in [0.1, 0.15) is 54.1 Å². The molecule has 1 aromatic heterocycles. The van der Waals surface area contributed by atoms with E-state index in [0.29, 0.717) is 32.5 Å². The van der Waals surface area contributed by atoms with Gasteiger partial charge in [-0.15, -0.1) is 0 Å². The SMILES string of the molecule is CCO[C@H]1CN(C2CCC(O)(c3cccnc3)CC2)C[C@@H]1NC(=O)CNC(=O)c1cccc(C(F)(F)F)c1. The summed E-state index contributed by atoms with van der Waals surface area (Å²) >= 11 is 0. The van der Waals surface area contributed by atoms with Crippen molar-refractivity contribution in [3.63, 3.8) is 0 Å². The van der Waals surface area contributed by atoms with Gasteiger partial charge in [0, 0.05) is 49.3 Å². The number of hydrogen-bond acceptors (Lipinski definition) is 6. The molecule has 206 valence electrons. The highest BCUT2D eigenvalue weighted by Crippen LogP contribution is 2.39. The van der Waals surface area contributed by atoms with E-state index >= 15 is 0 Å². The van der Waals surface area contributed by atoms with E-state index in [-0.39, 0.29) is 30.3 Å². The Labute approximate surface area is 219 Å². The normalized spacial score (nSPS) is 26.2. The predicted molar refractivity (Wildman–Crippen MR) is 133 cm³/mol. The number of likely N-dealkylation sites (tertiary alicyclic amines) is 1. The first-order chi connectivity index (χ1) is 18.1. The lowest BCUT2D eigenvalue weighted by Crippen LogP contribution is -2.48. The Morgan fingerprint density at radius 3 is 2.61 bits per heavy atom. The molecule has 38 heavy (non-hydrogen) atoms. The Morgan fingerprint density at radius 2 is 1.95 bits per heavy atom. The summed E-state index contributed by atoms with van der Waals surface area (Å²) in [6.07, 6.45) is 1.39. The van der Waals surface area contributed by atoms with Gasteiger partial charge in [0.25, 0.3) is 5.91 Å². The molecule has 3 N–H and O–H groups in total. The molecule has 1 aliphatic carbocycles. The quantitative estimate of drug-likeness (QED) is 0.481. The van der Waals surface area contributed by atoms with Crippen LogP contribution in [0.4, 0.5) is 13.2 Å². The summed E-state index contributed by atoms with van der Waals surface area (Å²) in [5.41, 5.74) is -1.17. The van der Waals surface area contributed by atoms with Gasteiger partial charge in [0.15, 0.2) is 0 Å². The molecule has 0 radical (unpaired) electrons. The lowest BCUT2D eigenvalue weighted by Gasteiger charge is -2.39. The smallest absolute Gasteiger partial charge is 0.385 e. The van der Waals surface area contributed by atoms with E-state index in [4.69, 9.17) is 4.74 Å². The zero-order valence-corrected chi connectivity index (χ0v) is 21.2. The summed E-state index contributed by atoms with van der Waals surface area (Å²) in [5, 5.41) is 16.4. The van der Waals surface area contributed by atoms with Gasteiger partial charge in [-0.3, -0.25) is 19.5 Å². The van der Waals surface area contributed by atoms with Crippen LogP contribution in [0.2, 0.25) is 0 Å². The van der Waals surface area contributed by atoms with Crippen molar-refractivity contribution in [3.8, 4) is 0 Å². The highest BCUT2D eigenvalue weighted by atomic mass is 19.4.